The molecule has 0 aromatic heterocycles. The zero-order chi connectivity index (χ0) is 8.97. The lowest BCUT2D eigenvalue weighted by Crippen LogP contribution is -1.99. The van der Waals surface area contributed by atoms with E-state index in [0.717, 1.165) is 19.1 Å². The SMILES string of the molecule is CC(C)C1=CC=C(CC=O)CC1. The van der Waals surface area contributed by atoms with Crippen molar-refractivity contribution < 1.29 is 4.79 Å². The standard InChI is InChI=1S/C11H16O/c1-9(2)11-5-3-10(4-6-11)7-8-12/h3,5,8-9H,4,6-7H2,1-2H3. The fraction of sp³-hybridized carbons (Fsp3) is 0.545. The molecule has 0 heterocycles. The predicted molar refractivity (Wildman–Crippen MR) is 50.9 cm³/mol. The summed E-state index contributed by atoms with van der Waals surface area (Å²) in [6, 6.07) is 0. The fourth-order valence-corrected chi connectivity index (χ4v) is 1.45. The molecule has 0 aromatic rings. The number of carbonyl (C=O) groups excluding carboxylic acids is 1. The quantitative estimate of drug-likeness (QED) is 0.586. The van der Waals surface area contributed by atoms with E-state index in [1.807, 2.05) is 0 Å². The van der Waals surface area contributed by atoms with Gasteiger partial charge in [-0.25, -0.2) is 0 Å². The summed E-state index contributed by atoms with van der Waals surface area (Å²) in [7, 11) is 0. The Labute approximate surface area is 74.2 Å². The van der Waals surface area contributed by atoms with Crippen LogP contribution in [0.5, 0.6) is 0 Å². The smallest absolute Gasteiger partial charge is 0.124 e. The minimum Gasteiger partial charge on any atom is -0.303 e. The molecule has 1 heteroatoms. The van der Waals surface area contributed by atoms with Crippen molar-refractivity contribution in [1.29, 1.82) is 0 Å². The van der Waals surface area contributed by atoms with Crippen LogP contribution in [0.25, 0.3) is 0 Å². The molecule has 0 aromatic carbocycles. The van der Waals surface area contributed by atoms with Gasteiger partial charge in [-0.05, 0) is 18.8 Å². The third-order valence-electron chi connectivity index (χ3n) is 2.36. The van der Waals surface area contributed by atoms with Gasteiger partial charge < -0.3 is 4.79 Å². The summed E-state index contributed by atoms with van der Waals surface area (Å²) in [5.41, 5.74) is 2.78. The Hall–Kier alpha value is -0.850. The van der Waals surface area contributed by atoms with Crippen LogP contribution in [0.1, 0.15) is 33.1 Å². The Balaban J connectivity index is 2.59. The van der Waals surface area contributed by atoms with Gasteiger partial charge in [0.25, 0.3) is 0 Å². The van der Waals surface area contributed by atoms with Crippen molar-refractivity contribution in [1.82, 2.24) is 0 Å². The Bertz CT molecular complexity index is 221. The van der Waals surface area contributed by atoms with Crippen molar-refractivity contribution in [2.24, 2.45) is 5.92 Å². The van der Waals surface area contributed by atoms with Gasteiger partial charge in [0.1, 0.15) is 6.29 Å². The van der Waals surface area contributed by atoms with E-state index in [0.29, 0.717) is 12.3 Å². The molecule has 12 heavy (non-hydrogen) atoms. The lowest BCUT2D eigenvalue weighted by Gasteiger charge is -2.15. The molecular formula is C11H16O. The molecule has 0 fully saturated rings. The van der Waals surface area contributed by atoms with E-state index in [1.54, 1.807) is 0 Å². The number of hydrogen-bond donors (Lipinski definition) is 0. The maximum absolute atomic E-state index is 10.2. The molecule has 0 atom stereocenters. The summed E-state index contributed by atoms with van der Waals surface area (Å²) in [5.74, 6) is 0.652. The van der Waals surface area contributed by atoms with Gasteiger partial charge in [-0.2, -0.15) is 0 Å². The van der Waals surface area contributed by atoms with Crippen LogP contribution >= 0.6 is 0 Å². The summed E-state index contributed by atoms with van der Waals surface area (Å²) in [6.45, 7) is 4.43. The molecule has 1 aliphatic rings. The normalized spacial score (nSPS) is 17.2. The molecule has 1 nitrogen and oxygen atoms in total. The van der Waals surface area contributed by atoms with E-state index in [1.165, 1.54) is 11.1 Å². The van der Waals surface area contributed by atoms with E-state index >= 15 is 0 Å². The first-order valence-corrected chi connectivity index (χ1v) is 4.56. The van der Waals surface area contributed by atoms with Gasteiger partial charge >= 0.3 is 0 Å². The molecule has 0 amide bonds. The summed E-state index contributed by atoms with van der Waals surface area (Å²) in [4.78, 5) is 10.2. The van der Waals surface area contributed by atoms with Crippen molar-refractivity contribution in [3.05, 3.63) is 23.3 Å². The van der Waals surface area contributed by atoms with Crippen LogP contribution in [-0.4, -0.2) is 6.29 Å². The van der Waals surface area contributed by atoms with E-state index in [9.17, 15) is 4.79 Å². The molecule has 0 unspecified atom stereocenters. The molecule has 66 valence electrons. The van der Waals surface area contributed by atoms with Gasteiger partial charge in [0.15, 0.2) is 0 Å². The van der Waals surface area contributed by atoms with Crippen molar-refractivity contribution in [3.8, 4) is 0 Å². The predicted octanol–water partition coefficient (Wildman–Crippen LogP) is 2.88. The zero-order valence-corrected chi connectivity index (χ0v) is 7.84. The second kappa shape index (κ2) is 4.24. The number of allylic oxidation sites excluding steroid dienone is 4. The van der Waals surface area contributed by atoms with Crippen LogP contribution in [0, 0.1) is 5.92 Å². The third kappa shape index (κ3) is 2.33. The van der Waals surface area contributed by atoms with Gasteiger partial charge in [-0.1, -0.05) is 37.1 Å². The van der Waals surface area contributed by atoms with Crippen molar-refractivity contribution in [2.45, 2.75) is 33.1 Å². The molecule has 0 N–H and O–H groups in total. The van der Waals surface area contributed by atoms with E-state index < -0.39 is 0 Å². The minimum atomic E-state index is 0.613. The number of aldehydes is 1. The van der Waals surface area contributed by atoms with E-state index in [4.69, 9.17) is 0 Å². The summed E-state index contributed by atoms with van der Waals surface area (Å²) >= 11 is 0. The summed E-state index contributed by atoms with van der Waals surface area (Å²) in [5, 5.41) is 0. The maximum atomic E-state index is 10.2. The Morgan fingerprint density at radius 1 is 1.42 bits per heavy atom. The number of hydrogen-bond acceptors (Lipinski definition) is 1. The van der Waals surface area contributed by atoms with E-state index in [2.05, 4.69) is 26.0 Å². The Morgan fingerprint density at radius 3 is 2.58 bits per heavy atom. The molecule has 1 aliphatic carbocycles. The minimum absolute atomic E-state index is 0.613. The van der Waals surface area contributed by atoms with Gasteiger partial charge in [-0.3, -0.25) is 0 Å². The second-order valence-electron chi connectivity index (χ2n) is 3.59. The zero-order valence-electron chi connectivity index (χ0n) is 7.84. The fourth-order valence-electron chi connectivity index (χ4n) is 1.45. The molecule has 1 rings (SSSR count). The summed E-state index contributed by atoms with van der Waals surface area (Å²) < 4.78 is 0. The topological polar surface area (TPSA) is 17.1 Å². The van der Waals surface area contributed by atoms with Gasteiger partial charge in [0.05, 0.1) is 0 Å². The van der Waals surface area contributed by atoms with Crippen LogP contribution in [0.4, 0.5) is 0 Å². The molecule has 0 bridgehead atoms. The molecule has 0 saturated carbocycles. The number of rotatable bonds is 3. The molecule has 0 saturated heterocycles. The van der Waals surface area contributed by atoms with Crippen molar-refractivity contribution in [3.63, 3.8) is 0 Å². The molecule has 0 aliphatic heterocycles. The van der Waals surface area contributed by atoms with Crippen molar-refractivity contribution >= 4 is 6.29 Å². The largest absolute Gasteiger partial charge is 0.303 e. The Morgan fingerprint density at radius 2 is 2.17 bits per heavy atom. The first kappa shape index (κ1) is 9.24. The lowest BCUT2D eigenvalue weighted by molar-refractivity contribution is -0.107. The average molecular weight is 164 g/mol. The van der Waals surface area contributed by atoms with Gasteiger partial charge in [0.2, 0.25) is 0 Å². The third-order valence-corrected chi connectivity index (χ3v) is 2.36. The molecule has 0 spiro atoms. The van der Waals surface area contributed by atoms with Crippen molar-refractivity contribution in [2.75, 3.05) is 0 Å². The van der Waals surface area contributed by atoms with Gasteiger partial charge in [-0.15, -0.1) is 0 Å². The van der Waals surface area contributed by atoms with Crippen LogP contribution in [-0.2, 0) is 4.79 Å². The first-order chi connectivity index (χ1) is 5.74. The molecule has 0 radical (unpaired) electrons. The van der Waals surface area contributed by atoms with Crippen LogP contribution in [0.3, 0.4) is 0 Å². The second-order valence-corrected chi connectivity index (χ2v) is 3.59. The Kier molecular flexibility index (Phi) is 3.27. The highest BCUT2D eigenvalue weighted by Crippen LogP contribution is 2.24. The maximum Gasteiger partial charge on any atom is 0.124 e. The highest BCUT2D eigenvalue weighted by Gasteiger charge is 2.08. The lowest BCUT2D eigenvalue weighted by atomic mass is 9.90. The van der Waals surface area contributed by atoms with Crippen LogP contribution < -0.4 is 0 Å². The van der Waals surface area contributed by atoms with E-state index in [-0.39, 0.29) is 0 Å². The average Bonchev–Trinajstić information content (AvgIpc) is 2.06. The summed E-state index contributed by atoms with van der Waals surface area (Å²) in [6.07, 6.45) is 8.09. The monoisotopic (exact) mass is 164 g/mol. The highest BCUT2D eigenvalue weighted by molar-refractivity contribution is 5.55. The highest BCUT2D eigenvalue weighted by atomic mass is 16.1. The first-order valence-electron chi connectivity index (χ1n) is 4.56. The van der Waals surface area contributed by atoms with Crippen LogP contribution in [0.2, 0.25) is 0 Å². The van der Waals surface area contributed by atoms with Gasteiger partial charge in [0, 0.05) is 6.42 Å². The van der Waals surface area contributed by atoms with Crippen LogP contribution in [0.15, 0.2) is 23.3 Å². The number of carbonyl (C=O) groups is 1. The molecular weight excluding hydrogens is 148 g/mol.